The Balaban J connectivity index is 1.66. The number of nitrogens with zero attached hydrogens (tertiary/aromatic N) is 1. The molecule has 3 rings (SSSR count). The van der Waals surface area contributed by atoms with Gasteiger partial charge in [0.25, 0.3) is 5.91 Å². The quantitative estimate of drug-likeness (QED) is 0.557. The lowest BCUT2D eigenvalue weighted by atomic mass is 10.0. The van der Waals surface area contributed by atoms with Crippen LogP contribution in [0.4, 0.5) is 0 Å². The van der Waals surface area contributed by atoms with E-state index >= 15 is 0 Å². The van der Waals surface area contributed by atoms with Crippen LogP contribution in [0.15, 0.2) is 83.8 Å². The second-order valence-corrected chi connectivity index (χ2v) is 9.66. The van der Waals surface area contributed by atoms with Crippen LogP contribution in [0.1, 0.15) is 46.4 Å². The minimum Gasteiger partial charge on any atom is -0.345 e. The summed E-state index contributed by atoms with van der Waals surface area (Å²) in [4.78, 5) is 12.9. The van der Waals surface area contributed by atoms with Crippen molar-refractivity contribution in [2.45, 2.75) is 37.8 Å². The molecule has 0 aromatic heterocycles. The summed E-state index contributed by atoms with van der Waals surface area (Å²) in [6, 6.07) is 23.7. The second kappa shape index (κ2) is 9.90. The van der Waals surface area contributed by atoms with Crippen LogP contribution in [0.5, 0.6) is 0 Å². The highest BCUT2D eigenvalue weighted by Gasteiger charge is 2.21. The number of hydrogen-bond acceptors (Lipinski definition) is 3. The molecule has 0 spiro atoms. The molecule has 162 valence electrons. The highest BCUT2D eigenvalue weighted by Crippen LogP contribution is 2.19. The van der Waals surface area contributed by atoms with Gasteiger partial charge in [-0.25, -0.2) is 8.42 Å². The monoisotopic (exact) mass is 436 g/mol. The third kappa shape index (κ3) is 5.60. The zero-order valence-corrected chi connectivity index (χ0v) is 18.9. The van der Waals surface area contributed by atoms with Crippen molar-refractivity contribution in [3.8, 4) is 0 Å². The number of aryl methyl sites for hydroxylation is 1. The zero-order valence-electron chi connectivity index (χ0n) is 18.1. The van der Waals surface area contributed by atoms with E-state index in [9.17, 15) is 13.2 Å². The van der Waals surface area contributed by atoms with Gasteiger partial charge in [0, 0.05) is 19.2 Å². The molecule has 0 heterocycles. The van der Waals surface area contributed by atoms with Crippen molar-refractivity contribution in [2.24, 2.45) is 0 Å². The zero-order chi connectivity index (χ0) is 22.4. The van der Waals surface area contributed by atoms with Crippen molar-refractivity contribution in [3.63, 3.8) is 0 Å². The van der Waals surface area contributed by atoms with Gasteiger partial charge >= 0.3 is 0 Å². The van der Waals surface area contributed by atoms with Crippen LogP contribution >= 0.6 is 0 Å². The van der Waals surface area contributed by atoms with Crippen LogP contribution in [0.25, 0.3) is 0 Å². The molecule has 0 saturated carbocycles. The fourth-order valence-corrected chi connectivity index (χ4v) is 4.50. The molecule has 0 aliphatic carbocycles. The molecule has 5 nitrogen and oxygen atoms in total. The molecule has 0 radical (unpaired) electrons. The Morgan fingerprint density at radius 3 is 2.13 bits per heavy atom. The number of carbonyl (C=O) groups is 1. The summed E-state index contributed by atoms with van der Waals surface area (Å²) in [5.41, 5.74) is 3.43. The van der Waals surface area contributed by atoms with E-state index in [2.05, 4.69) is 5.32 Å². The molecule has 0 bridgehead atoms. The molecule has 31 heavy (non-hydrogen) atoms. The van der Waals surface area contributed by atoms with Crippen molar-refractivity contribution in [3.05, 3.63) is 101 Å². The van der Waals surface area contributed by atoms with E-state index in [1.54, 1.807) is 55.6 Å². The van der Waals surface area contributed by atoms with Crippen LogP contribution in [-0.2, 0) is 16.6 Å². The van der Waals surface area contributed by atoms with Crippen LogP contribution in [0.2, 0.25) is 0 Å². The van der Waals surface area contributed by atoms with Crippen molar-refractivity contribution in [1.82, 2.24) is 9.62 Å². The molecular weight excluding hydrogens is 408 g/mol. The molecule has 6 heteroatoms. The van der Waals surface area contributed by atoms with Crippen molar-refractivity contribution in [1.29, 1.82) is 0 Å². The maximum Gasteiger partial charge on any atom is 0.251 e. The fraction of sp³-hybridized carbons (Fsp3) is 0.240. The van der Waals surface area contributed by atoms with Gasteiger partial charge in [0.05, 0.1) is 10.9 Å². The molecule has 1 amide bonds. The van der Waals surface area contributed by atoms with E-state index in [1.165, 1.54) is 4.31 Å². The highest BCUT2D eigenvalue weighted by atomic mass is 32.2. The van der Waals surface area contributed by atoms with Gasteiger partial charge in [0.15, 0.2) is 0 Å². The van der Waals surface area contributed by atoms with Gasteiger partial charge < -0.3 is 5.32 Å². The Kier molecular flexibility index (Phi) is 7.25. The Morgan fingerprint density at radius 2 is 1.55 bits per heavy atom. The number of rotatable bonds is 8. The number of hydrogen-bond donors (Lipinski definition) is 1. The molecule has 0 fully saturated rings. The normalized spacial score (nSPS) is 12.5. The first-order valence-electron chi connectivity index (χ1n) is 10.3. The number of benzene rings is 3. The van der Waals surface area contributed by atoms with Gasteiger partial charge in [-0.1, -0.05) is 67.1 Å². The average Bonchev–Trinajstić information content (AvgIpc) is 2.78. The van der Waals surface area contributed by atoms with Gasteiger partial charge in [-0.2, -0.15) is 4.31 Å². The first-order chi connectivity index (χ1) is 14.8. The predicted molar refractivity (Wildman–Crippen MR) is 123 cm³/mol. The van der Waals surface area contributed by atoms with Crippen LogP contribution in [0.3, 0.4) is 0 Å². The summed E-state index contributed by atoms with van der Waals surface area (Å²) < 4.78 is 26.9. The van der Waals surface area contributed by atoms with E-state index in [1.807, 2.05) is 44.2 Å². The minimum atomic E-state index is -3.58. The molecule has 3 aromatic carbocycles. The van der Waals surface area contributed by atoms with E-state index < -0.39 is 10.0 Å². The Morgan fingerprint density at radius 1 is 0.935 bits per heavy atom. The Hall–Kier alpha value is -2.96. The first kappa shape index (κ1) is 22.7. The molecule has 1 N–H and O–H groups in total. The standard InChI is InChI=1S/C25H28N2O3S/c1-4-24(21-8-6-5-7-9-21)26-25(28)22-14-12-20(13-15-22)18-27(3)31(29,30)23-16-10-19(2)11-17-23/h5-17,24H,4,18H2,1-3H3,(H,26,28)/t24-/m0/s1. The number of nitrogens with one attached hydrogen (secondary N) is 1. The van der Waals surface area contributed by atoms with Crippen LogP contribution < -0.4 is 5.32 Å². The molecule has 3 aromatic rings. The van der Waals surface area contributed by atoms with Gasteiger partial charge in [-0.3, -0.25) is 4.79 Å². The summed E-state index contributed by atoms with van der Waals surface area (Å²) in [7, 11) is -2.02. The lowest BCUT2D eigenvalue weighted by Gasteiger charge is -2.19. The predicted octanol–water partition coefficient (Wildman–Crippen LogP) is 4.70. The summed E-state index contributed by atoms with van der Waals surface area (Å²) >= 11 is 0. The lowest BCUT2D eigenvalue weighted by Crippen LogP contribution is -2.28. The molecular formula is C25H28N2O3S. The summed E-state index contributed by atoms with van der Waals surface area (Å²) in [5, 5.41) is 3.06. The largest absolute Gasteiger partial charge is 0.345 e. The topological polar surface area (TPSA) is 66.5 Å². The minimum absolute atomic E-state index is 0.0563. The first-order valence-corrected chi connectivity index (χ1v) is 11.7. The van der Waals surface area contributed by atoms with E-state index in [0.29, 0.717) is 5.56 Å². The molecule has 1 atom stereocenters. The summed E-state index contributed by atoms with van der Waals surface area (Å²) in [6.07, 6.45) is 0.787. The maximum absolute atomic E-state index is 12.8. The maximum atomic E-state index is 12.8. The van der Waals surface area contributed by atoms with Crippen molar-refractivity contribution >= 4 is 15.9 Å². The summed E-state index contributed by atoms with van der Waals surface area (Å²) in [5.74, 6) is -0.150. The van der Waals surface area contributed by atoms with Crippen LogP contribution in [-0.4, -0.2) is 25.7 Å². The van der Waals surface area contributed by atoms with E-state index in [4.69, 9.17) is 0 Å². The number of carbonyl (C=O) groups excluding carboxylic acids is 1. The highest BCUT2D eigenvalue weighted by molar-refractivity contribution is 7.89. The van der Waals surface area contributed by atoms with Crippen LogP contribution in [0, 0.1) is 6.92 Å². The average molecular weight is 437 g/mol. The number of sulfonamides is 1. The van der Waals surface area contributed by atoms with Gasteiger partial charge in [0.1, 0.15) is 0 Å². The Labute approximate surface area is 184 Å². The fourth-order valence-electron chi connectivity index (χ4n) is 3.34. The lowest BCUT2D eigenvalue weighted by molar-refractivity contribution is 0.0935. The molecule has 0 aliphatic heterocycles. The SMILES string of the molecule is CC[C@H](NC(=O)c1ccc(CN(C)S(=O)(=O)c2ccc(C)cc2)cc1)c1ccccc1. The molecule has 0 unspecified atom stereocenters. The molecule has 0 saturated heterocycles. The van der Waals surface area contributed by atoms with Gasteiger partial charge in [-0.15, -0.1) is 0 Å². The second-order valence-electron chi connectivity index (χ2n) is 7.62. The third-order valence-corrected chi connectivity index (χ3v) is 7.08. The summed E-state index contributed by atoms with van der Waals surface area (Å²) in [6.45, 7) is 4.17. The number of amides is 1. The van der Waals surface area contributed by atoms with Crippen molar-refractivity contribution in [2.75, 3.05) is 7.05 Å². The van der Waals surface area contributed by atoms with Gasteiger partial charge in [0.2, 0.25) is 10.0 Å². The van der Waals surface area contributed by atoms with Gasteiger partial charge in [-0.05, 0) is 48.7 Å². The Bertz CT molecular complexity index is 1110. The van der Waals surface area contributed by atoms with E-state index in [0.717, 1.165) is 23.1 Å². The smallest absolute Gasteiger partial charge is 0.251 e. The molecule has 0 aliphatic rings. The van der Waals surface area contributed by atoms with E-state index in [-0.39, 0.29) is 23.4 Å². The van der Waals surface area contributed by atoms with Crippen molar-refractivity contribution < 1.29 is 13.2 Å². The third-order valence-electron chi connectivity index (χ3n) is 5.27.